The minimum Gasteiger partial charge on any atom is -0.444 e. The fourth-order valence-corrected chi connectivity index (χ4v) is 4.52. The molecule has 204 valence electrons. The first-order valence-corrected chi connectivity index (χ1v) is 12.9. The first kappa shape index (κ1) is 27.2. The van der Waals surface area contributed by atoms with Gasteiger partial charge in [-0.05, 0) is 63.9 Å². The summed E-state index contributed by atoms with van der Waals surface area (Å²) in [5, 5.41) is 6.17. The molecule has 11 heteroatoms. The quantitative estimate of drug-likeness (QED) is 0.524. The molecule has 3 amide bonds. The predicted molar refractivity (Wildman–Crippen MR) is 144 cm³/mol. The Labute approximate surface area is 222 Å². The van der Waals surface area contributed by atoms with Crippen LogP contribution < -0.4 is 21.3 Å². The maximum absolute atomic E-state index is 12.7. The van der Waals surface area contributed by atoms with E-state index in [4.69, 9.17) is 15.2 Å². The van der Waals surface area contributed by atoms with Crippen molar-refractivity contribution < 1.29 is 23.9 Å². The van der Waals surface area contributed by atoms with Crippen molar-refractivity contribution in [3.05, 3.63) is 47.8 Å². The van der Waals surface area contributed by atoms with Crippen LogP contribution in [-0.4, -0.2) is 78.8 Å². The molecule has 38 heavy (non-hydrogen) atoms. The molecule has 4 rings (SSSR count). The molecule has 1 aromatic heterocycles. The Morgan fingerprint density at radius 3 is 2.47 bits per heavy atom. The normalized spacial score (nSPS) is 18.0. The number of ether oxygens (including phenoxy) is 2. The molecule has 11 nitrogen and oxygen atoms in total. The number of rotatable bonds is 6. The second-order valence-corrected chi connectivity index (χ2v) is 10.5. The number of pyridine rings is 1. The van der Waals surface area contributed by atoms with Gasteiger partial charge in [0, 0.05) is 43.5 Å². The maximum atomic E-state index is 12.7. The zero-order chi connectivity index (χ0) is 27.3. The van der Waals surface area contributed by atoms with E-state index in [1.165, 1.54) is 0 Å². The number of amides is 3. The topological polar surface area (TPSA) is 139 Å². The number of carbonyl (C=O) groups is 3. The van der Waals surface area contributed by atoms with Crippen molar-refractivity contribution in [1.29, 1.82) is 0 Å². The van der Waals surface area contributed by atoms with Gasteiger partial charge in [-0.2, -0.15) is 0 Å². The summed E-state index contributed by atoms with van der Waals surface area (Å²) in [5.74, 6) is -0.692. The first-order chi connectivity index (χ1) is 18.1. The second kappa shape index (κ2) is 11.7. The molecule has 1 aromatic carbocycles. The Balaban J connectivity index is 1.46. The number of nitrogens with zero attached hydrogens (tertiary/aromatic N) is 3. The molecule has 2 aromatic rings. The van der Waals surface area contributed by atoms with Crippen molar-refractivity contribution in [3.63, 3.8) is 0 Å². The molecule has 3 heterocycles. The Kier molecular flexibility index (Phi) is 8.35. The molecule has 0 spiro atoms. The molecule has 0 bridgehead atoms. The van der Waals surface area contributed by atoms with Crippen LogP contribution in [0.1, 0.15) is 54.5 Å². The molecule has 4 N–H and O–H groups in total. The lowest BCUT2D eigenvalue weighted by atomic mass is 10.1. The van der Waals surface area contributed by atoms with Gasteiger partial charge in [-0.25, -0.2) is 9.78 Å². The van der Waals surface area contributed by atoms with Crippen LogP contribution in [0.5, 0.6) is 0 Å². The molecule has 2 fully saturated rings. The van der Waals surface area contributed by atoms with Crippen LogP contribution in [0, 0.1) is 0 Å². The highest BCUT2D eigenvalue weighted by molar-refractivity contribution is 5.98. The van der Waals surface area contributed by atoms with Crippen molar-refractivity contribution in [3.8, 4) is 0 Å². The van der Waals surface area contributed by atoms with E-state index in [9.17, 15) is 14.4 Å². The third-order valence-electron chi connectivity index (χ3n) is 6.32. The van der Waals surface area contributed by atoms with Gasteiger partial charge in [-0.3, -0.25) is 9.59 Å². The van der Waals surface area contributed by atoms with E-state index in [1.54, 1.807) is 35.4 Å². The Morgan fingerprint density at radius 2 is 1.82 bits per heavy atom. The van der Waals surface area contributed by atoms with E-state index in [0.29, 0.717) is 49.8 Å². The largest absolute Gasteiger partial charge is 0.444 e. The molecule has 0 radical (unpaired) electrons. The van der Waals surface area contributed by atoms with Crippen LogP contribution >= 0.6 is 0 Å². The standard InChI is InChI=1S/C27H36N6O5/c1-27(2,3)38-26(36)31-20-5-4-10-33(17-20)21-15-22(23(24(28)34)29-16-21)30-19-8-6-18(7-9-19)25(35)32-11-13-37-14-12-32/h6-9,15-16,20,30H,4-5,10-14,17H2,1-3H3,(H2,28,34)(H,31,36)/t20-/m1/s1. The van der Waals surface area contributed by atoms with E-state index >= 15 is 0 Å². The van der Waals surface area contributed by atoms with Gasteiger partial charge in [0.05, 0.1) is 30.8 Å². The van der Waals surface area contributed by atoms with Crippen LogP contribution in [0.2, 0.25) is 0 Å². The summed E-state index contributed by atoms with van der Waals surface area (Å²) in [4.78, 5) is 45.3. The Bertz CT molecular complexity index is 1160. The Morgan fingerprint density at radius 1 is 1.11 bits per heavy atom. The molecule has 2 aliphatic rings. The maximum Gasteiger partial charge on any atom is 0.407 e. The third kappa shape index (κ3) is 7.12. The SMILES string of the molecule is CC(C)(C)OC(=O)N[C@@H]1CCCN(c2cnc(C(N)=O)c(Nc3ccc(C(=O)N4CCOCC4)cc3)c2)C1. The van der Waals surface area contributed by atoms with Gasteiger partial charge in [-0.15, -0.1) is 0 Å². The number of aromatic nitrogens is 1. The number of nitrogens with one attached hydrogen (secondary N) is 2. The minimum atomic E-state index is -0.652. The fourth-order valence-electron chi connectivity index (χ4n) is 4.52. The summed E-state index contributed by atoms with van der Waals surface area (Å²) >= 11 is 0. The number of benzene rings is 1. The lowest BCUT2D eigenvalue weighted by Crippen LogP contribution is -2.49. The predicted octanol–water partition coefficient (Wildman–Crippen LogP) is 2.89. The average Bonchev–Trinajstić information content (AvgIpc) is 2.88. The van der Waals surface area contributed by atoms with Crippen LogP contribution in [0.3, 0.4) is 0 Å². The van der Waals surface area contributed by atoms with Crippen LogP contribution in [0.15, 0.2) is 36.5 Å². The second-order valence-electron chi connectivity index (χ2n) is 10.5. The lowest BCUT2D eigenvalue weighted by Gasteiger charge is -2.35. The summed E-state index contributed by atoms with van der Waals surface area (Å²) in [7, 11) is 0. The monoisotopic (exact) mass is 524 g/mol. The van der Waals surface area contributed by atoms with Gasteiger partial charge in [0.15, 0.2) is 5.69 Å². The molecule has 0 unspecified atom stereocenters. The summed E-state index contributed by atoms with van der Waals surface area (Å²) < 4.78 is 10.7. The lowest BCUT2D eigenvalue weighted by molar-refractivity contribution is 0.0303. The molecular formula is C27H36N6O5. The van der Waals surface area contributed by atoms with Crippen molar-refractivity contribution in [2.45, 2.75) is 45.3 Å². The highest BCUT2D eigenvalue weighted by Gasteiger charge is 2.25. The molecule has 2 saturated heterocycles. The third-order valence-corrected chi connectivity index (χ3v) is 6.32. The fraction of sp³-hybridized carbons (Fsp3) is 0.481. The number of primary amides is 1. The summed E-state index contributed by atoms with van der Waals surface area (Å²) in [6.07, 6.45) is 2.89. The van der Waals surface area contributed by atoms with Gasteiger partial charge in [-0.1, -0.05) is 0 Å². The number of nitrogens with two attached hydrogens (primary N) is 1. The van der Waals surface area contributed by atoms with Crippen molar-refractivity contribution in [1.82, 2.24) is 15.2 Å². The number of morpholine rings is 1. The van der Waals surface area contributed by atoms with E-state index in [2.05, 4.69) is 20.5 Å². The highest BCUT2D eigenvalue weighted by atomic mass is 16.6. The summed E-state index contributed by atoms with van der Waals surface area (Å²) in [6, 6.07) is 8.81. The van der Waals surface area contributed by atoms with Gasteiger partial charge in [0.1, 0.15) is 5.60 Å². The average molecular weight is 525 g/mol. The Hall–Kier alpha value is -3.86. The van der Waals surface area contributed by atoms with E-state index in [0.717, 1.165) is 25.1 Å². The van der Waals surface area contributed by atoms with Gasteiger partial charge >= 0.3 is 6.09 Å². The van der Waals surface area contributed by atoms with Gasteiger partial charge in [0.2, 0.25) is 0 Å². The number of piperidine rings is 1. The zero-order valence-corrected chi connectivity index (χ0v) is 22.2. The van der Waals surface area contributed by atoms with Crippen molar-refractivity contribution >= 4 is 35.0 Å². The van der Waals surface area contributed by atoms with E-state index < -0.39 is 17.6 Å². The number of alkyl carbamates (subject to hydrolysis) is 1. The van der Waals surface area contributed by atoms with Crippen LogP contribution in [-0.2, 0) is 9.47 Å². The minimum absolute atomic E-state index is 0.0408. The van der Waals surface area contributed by atoms with Gasteiger partial charge in [0.25, 0.3) is 11.8 Å². The summed E-state index contributed by atoms with van der Waals surface area (Å²) in [5.41, 5.74) is 7.67. The number of hydrogen-bond acceptors (Lipinski definition) is 8. The van der Waals surface area contributed by atoms with E-state index in [-0.39, 0.29) is 17.6 Å². The van der Waals surface area contributed by atoms with Crippen molar-refractivity contribution in [2.24, 2.45) is 5.73 Å². The molecule has 0 aliphatic carbocycles. The zero-order valence-electron chi connectivity index (χ0n) is 22.2. The molecular weight excluding hydrogens is 488 g/mol. The number of anilines is 3. The van der Waals surface area contributed by atoms with E-state index in [1.807, 2.05) is 26.8 Å². The highest BCUT2D eigenvalue weighted by Crippen LogP contribution is 2.27. The van der Waals surface area contributed by atoms with Crippen molar-refractivity contribution in [2.75, 3.05) is 49.6 Å². The van der Waals surface area contributed by atoms with Crippen LogP contribution in [0.4, 0.5) is 21.9 Å². The number of hydrogen-bond donors (Lipinski definition) is 3. The van der Waals surface area contributed by atoms with Crippen LogP contribution in [0.25, 0.3) is 0 Å². The molecule has 2 aliphatic heterocycles. The molecule has 0 saturated carbocycles. The summed E-state index contributed by atoms with van der Waals surface area (Å²) in [6.45, 7) is 9.07. The number of carbonyl (C=O) groups excluding carboxylic acids is 3. The van der Waals surface area contributed by atoms with Gasteiger partial charge < -0.3 is 35.6 Å². The molecule has 1 atom stereocenters. The first-order valence-electron chi connectivity index (χ1n) is 12.9. The smallest absolute Gasteiger partial charge is 0.407 e.